The Kier molecular flexibility index (Phi) is 6.64. The first-order chi connectivity index (χ1) is 8.22. The SMILES string of the molecule is CCOC(=O)CCSCC(=O)Nc1nccs1. The van der Waals surface area contributed by atoms with Crippen molar-refractivity contribution >= 4 is 40.1 Å². The number of amides is 1. The highest BCUT2D eigenvalue weighted by molar-refractivity contribution is 7.99. The largest absolute Gasteiger partial charge is 0.466 e. The number of nitrogens with zero attached hydrogens (tertiary/aromatic N) is 1. The van der Waals surface area contributed by atoms with Crippen LogP contribution >= 0.6 is 23.1 Å². The van der Waals surface area contributed by atoms with E-state index in [0.29, 0.717) is 29.7 Å². The van der Waals surface area contributed by atoms with E-state index in [2.05, 4.69) is 10.3 Å². The molecule has 17 heavy (non-hydrogen) atoms. The zero-order chi connectivity index (χ0) is 12.5. The quantitative estimate of drug-likeness (QED) is 0.606. The Morgan fingerprint density at radius 2 is 2.41 bits per heavy atom. The van der Waals surface area contributed by atoms with Crippen molar-refractivity contribution in [1.82, 2.24) is 4.98 Å². The second-order valence-corrected chi connectivity index (χ2v) is 4.99. The van der Waals surface area contributed by atoms with E-state index in [9.17, 15) is 9.59 Å². The van der Waals surface area contributed by atoms with Crippen LogP contribution in [-0.4, -0.2) is 35.0 Å². The molecular weight excluding hydrogens is 260 g/mol. The van der Waals surface area contributed by atoms with Crippen molar-refractivity contribution in [2.75, 3.05) is 23.4 Å². The van der Waals surface area contributed by atoms with Gasteiger partial charge >= 0.3 is 5.97 Å². The van der Waals surface area contributed by atoms with Crippen molar-refractivity contribution in [3.8, 4) is 0 Å². The van der Waals surface area contributed by atoms with Crippen molar-refractivity contribution in [3.63, 3.8) is 0 Å². The summed E-state index contributed by atoms with van der Waals surface area (Å²) in [5.41, 5.74) is 0. The Labute approximate surface area is 108 Å². The molecule has 0 spiro atoms. The lowest BCUT2D eigenvalue weighted by Crippen LogP contribution is -2.14. The van der Waals surface area contributed by atoms with E-state index in [1.54, 1.807) is 18.5 Å². The molecule has 0 saturated heterocycles. The third kappa shape index (κ3) is 6.28. The summed E-state index contributed by atoms with van der Waals surface area (Å²) >= 11 is 2.78. The number of thiazole rings is 1. The zero-order valence-electron chi connectivity index (χ0n) is 9.47. The second-order valence-electron chi connectivity index (χ2n) is 2.99. The summed E-state index contributed by atoms with van der Waals surface area (Å²) in [6, 6.07) is 0. The second kappa shape index (κ2) is 8.08. The molecule has 1 heterocycles. The van der Waals surface area contributed by atoms with E-state index in [4.69, 9.17) is 4.74 Å². The summed E-state index contributed by atoms with van der Waals surface area (Å²) in [6.07, 6.45) is 1.97. The van der Waals surface area contributed by atoms with Gasteiger partial charge < -0.3 is 10.1 Å². The van der Waals surface area contributed by atoms with Crippen LogP contribution in [0.25, 0.3) is 0 Å². The maximum Gasteiger partial charge on any atom is 0.306 e. The summed E-state index contributed by atoms with van der Waals surface area (Å²) in [5, 5.41) is 5.06. The molecule has 1 amide bonds. The highest BCUT2D eigenvalue weighted by Crippen LogP contribution is 2.11. The highest BCUT2D eigenvalue weighted by Gasteiger charge is 2.06. The normalized spacial score (nSPS) is 9.94. The van der Waals surface area contributed by atoms with Crippen molar-refractivity contribution in [3.05, 3.63) is 11.6 Å². The van der Waals surface area contributed by atoms with E-state index < -0.39 is 0 Å². The van der Waals surface area contributed by atoms with Gasteiger partial charge in [-0.25, -0.2) is 4.98 Å². The number of rotatable bonds is 7. The van der Waals surface area contributed by atoms with Crippen LogP contribution in [0.3, 0.4) is 0 Å². The lowest BCUT2D eigenvalue weighted by molar-refractivity contribution is -0.142. The molecule has 0 aromatic carbocycles. The van der Waals surface area contributed by atoms with E-state index in [1.807, 2.05) is 0 Å². The molecule has 0 aliphatic rings. The fourth-order valence-corrected chi connectivity index (χ4v) is 2.25. The van der Waals surface area contributed by atoms with Crippen LogP contribution in [0.2, 0.25) is 0 Å². The van der Waals surface area contributed by atoms with Gasteiger partial charge in [-0.05, 0) is 6.92 Å². The van der Waals surface area contributed by atoms with Crippen LogP contribution < -0.4 is 5.32 Å². The number of hydrogen-bond donors (Lipinski definition) is 1. The molecule has 0 bridgehead atoms. The molecule has 7 heteroatoms. The van der Waals surface area contributed by atoms with Crippen molar-refractivity contribution in [1.29, 1.82) is 0 Å². The van der Waals surface area contributed by atoms with Gasteiger partial charge in [-0.3, -0.25) is 9.59 Å². The molecule has 0 aliphatic carbocycles. The summed E-state index contributed by atoms with van der Waals surface area (Å²) in [7, 11) is 0. The van der Waals surface area contributed by atoms with Crippen LogP contribution in [-0.2, 0) is 14.3 Å². The monoisotopic (exact) mass is 274 g/mol. The molecule has 1 aromatic rings. The Morgan fingerprint density at radius 3 is 3.06 bits per heavy atom. The lowest BCUT2D eigenvalue weighted by atomic mass is 10.5. The Balaban J connectivity index is 2.06. The van der Waals surface area contributed by atoms with Crippen LogP contribution in [0.5, 0.6) is 0 Å². The average Bonchev–Trinajstić information content (AvgIpc) is 2.77. The van der Waals surface area contributed by atoms with Crippen LogP contribution in [0.15, 0.2) is 11.6 Å². The minimum Gasteiger partial charge on any atom is -0.466 e. The van der Waals surface area contributed by atoms with Gasteiger partial charge in [0.2, 0.25) is 5.91 Å². The number of ether oxygens (including phenoxy) is 1. The number of nitrogens with one attached hydrogen (secondary N) is 1. The Morgan fingerprint density at radius 1 is 1.59 bits per heavy atom. The predicted octanol–water partition coefficient (Wildman–Crippen LogP) is 1.77. The number of thioether (sulfide) groups is 1. The predicted molar refractivity (Wildman–Crippen MR) is 69.3 cm³/mol. The van der Waals surface area contributed by atoms with Crippen LogP contribution in [0.4, 0.5) is 5.13 Å². The molecule has 0 aliphatic heterocycles. The number of anilines is 1. The minimum absolute atomic E-state index is 0.103. The molecule has 5 nitrogen and oxygen atoms in total. The van der Waals surface area contributed by atoms with E-state index in [0.717, 1.165) is 0 Å². The molecular formula is C10H14N2O3S2. The fourth-order valence-electron chi connectivity index (χ4n) is 0.994. The third-order valence-corrected chi connectivity index (χ3v) is 3.32. The zero-order valence-corrected chi connectivity index (χ0v) is 11.1. The van der Waals surface area contributed by atoms with Gasteiger partial charge in [-0.15, -0.1) is 11.3 Å². The first kappa shape index (κ1) is 14.0. The number of carbonyl (C=O) groups excluding carboxylic acids is 2. The van der Waals surface area contributed by atoms with E-state index in [1.165, 1.54) is 23.1 Å². The lowest BCUT2D eigenvalue weighted by Gasteiger charge is -2.02. The van der Waals surface area contributed by atoms with E-state index >= 15 is 0 Å². The number of carbonyl (C=O) groups is 2. The van der Waals surface area contributed by atoms with Gasteiger partial charge in [-0.2, -0.15) is 11.8 Å². The molecule has 1 rings (SSSR count). The van der Waals surface area contributed by atoms with Gasteiger partial charge in [0.05, 0.1) is 18.8 Å². The van der Waals surface area contributed by atoms with Gasteiger partial charge in [0.25, 0.3) is 0 Å². The molecule has 0 unspecified atom stereocenters. The summed E-state index contributed by atoms with van der Waals surface area (Å²) in [4.78, 5) is 26.3. The standard InChI is InChI=1S/C10H14N2O3S2/c1-2-15-9(14)3-5-16-7-8(13)12-10-11-4-6-17-10/h4,6H,2-3,5,7H2,1H3,(H,11,12,13). The van der Waals surface area contributed by atoms with Crippen molar-refractivity contribution in [2.24, 2.45) is 0 Å². The summed E-state index contributed by atoms with van der Waals surface area (Å²) in [5.74, 6) is 0.581. The van der Waals surface area contributed by atoms with E-state index in [-0.39, 0.29) is 11.9 Å². The first-order valence-electron chi connectivity index (χ1n) is 5.15. The summed E-state index contributed by atoms with van der Waals surface area (Å²) in [6.45, 7) is 2.17. The van der Waals surface area contributed by atoms with Crippen LogP contribution in [0, 0.1) is 0 Å². The van der Waals surface area contributed by atoms with Gasteiger partial charge in [0.1, 0.15) is 0 Å². The van der Waals surface area contributed by atoms with Crippen molar-refractivity contribution < 1.29 is 14.3 Å². The van der Waals surface area contributed by atoms with Gasteiger partial charge in [-0.1, -0.05) is 0 Å². The molecule has 94 valence electrons. The maximum absolute atomic E-state index is 11.4. The molecule has 0 atom stereocenters. The van der Waals surface area contributed by atoms with Gasteiger partial charge in [0, 0.05) is 17.3 Å². The Bertz CT molecular complexity index is 354. The Hall–Kier alpha value is -1.08. The number of esters is 1. The number of hydrogen-bond acceptors (Lipinski definition) is 6. The smallest absolute Gasteiger partial charge is 0.306 e. The highest BCUT2D eigenvalue weighted by atomic mass is 32.2. The molecule has 0 radical (unpaired) electrons. The van der Waals surface area contributed by atoms with Crippen molar-refractivity contribution in [2.45, 2.75) is 13.3 Å². The fraction of sp³-hybridized carbons (Fsp3) is 0.500. The molecule has 0 fully saturated rings. The number of aromatic nitrogens is 1. The van der Waals surface area contributed by atoms with Gasteiger partial charge in [0.15, 0.2) is 5.13 Å². The minimum atomic E-state index is -0.222. The molecule has 0 saturated carbocycles. The maximum atomic E-state index is 11.4. The summed E-state index contributed by atoms with van der Waals surface area (Å²) < 4.78 is 4.77. The molecule has 1 N–H and O–H groups in total. The van der Waals surface area contributed by atoms with Crippen LogP contribution in [0.1, 0.15) is 13.3 Å². The average molecular weight is 274 g/mol. The topological polar surface area (TPSA) is 68.3 Å². The molecule has 1 aromatic heterocycles. The third-order valence-electron chi connectivity index (χ3n) is 1.67. The first-order valence-corrected chi connectivity index (χ1v) is 7.18.